The summed E-state index contributed by atoms with van der Waals surface area (Å²) >= 11 is 0. The van der Waals surface area contributed by atoms with Crippen molar-refractivity contribution >= 4 is 11.8 Å². The third-order valence-electron chi connectivity index (χ3n) is 3.98. The second-order valence-corrected chi connectivity index (χ2v) is 5.40. The van der Waals surface area contributed by atoms with Gasteiger partial charge in [0.25, 0.3) is 0 Å². The molecule has 0 aliphatic carbocycles. The first-order valence-electron chi connectivity index (χ1n) is 8.00. The molecule has 4 nitrogen and oxygen atoms in total. The summed E-state index contributed by atoms with van der Waals surface area (Å²) in [5.74, 6) is -0.503. The van der Waals surface area contributed by atoms with Crippen molar-refractivity contribution in [3.05, 3.63) is 71.8 Å². The third kappa shape index (κ3) is 3.89. The van der Waals surface area contributed by atoms with E-state index in [1.54, 1.807) is 19.1 Å². The van der Waals surface area contributed by atoms with Crippen molar-refractivity contribution < 1.29 is 19.1 Å². The number of hydrogen-bond acceptors (Lipinski definition) is 4. The van der Waals surface area contributed by atoms with Crippen molar-refractivity contribution in [1.82, 2.24) is 0 Å². The monoisotopic (exact) mass is 326 g/mol. The lowest BCUT2D eigenvalue weighted by Gasteiger charge is -2.31. The number of esters is 1. The van der Waals surface area contributed by atoms with Crippen LogP contribution in [0.1, 0.15) is 35.7 Å². The highest BCUT2D eigenvalue weighted by molar-refractivity contribution is 6.03. The molecule has 0 saturated carbocycles. The number of carbonyl (C=O) groups excluding carboxylic acids is 2. The smallest absolute Gasteiger partial charge is 0.305 e. The second-order valence-electron chi connectivity index (χ2n) is 5.40. The summed E-state index contributed by atoms with van der Waals surface area (Å²) in [6, 6.07) is 18.2. The van der Waals surface area contributed by atoms with E-state index in [2.05, 4.69) is 0 Å². The molecular weight excluding hydrogens is 304 g/mol. The van der Waals surface area contributed by atoms with Crippen molar-refractivity contribution in [3.63, 3.8) is 0 Å². The normalized spacial score (nSPS) is 13.1. The summed E-state index contributed by atoms with van der Waals surface area (Å²) in [5, 5.41) is 0. The molecule has 2 aromatic rings. The molecule has 4 heteroatoms. The van der Waals surface area contributed by atoms with Crippen molar-refractivity contribution in [2.75, 3.05) is 13.7 Å². The van der Waals surface area contributed by atoms with Gasteiger partial charge in [0.2, 0.25) is 0 Å². The summed E-state index contributed by atoms with van der Waals surface area (Å²) in [6.45, 7) is 2.07. The summed E-state index contributed by atoms with van der Waals surface area (Å²) < 4.78 is 10.7. The second kappa shape index (κ2) is 8.41. The zero-order valence-electron chi connectivity index (χ0n) is 14.0. The number of rotatable bonds is 8. The molecule has 2 rings (SSSR count). The van der Waals surface area contributed by atoms with E-state index in [4.69, 9.17) is 9.47 Å². The number of Topliss-reactive ketones (excluding diaryl/α,β-unsaturated/α-hetero) is 1. The van der Waals surface area contributed by atoms with E-state index in [9.17, 15) is 9.59 Å². The molecule has 0 heterocycles. The molecule has 0 fully saturated rings. The number of methoxy groups -OCH3 is 1. The van der Waals surface area contributed by atoms with Crippen LogP contribution in [-0.2, 0) is 19.9 Å². The standard InChI is InChI=1S/C20H22O4/c1-3-24-18(21)14-15-20(23-2,17-12-8-5-9-13-17)19(22)16-10-6-4-7-11-16/h4-13H,3,14-15H2,1-2H3. The highest BCUT2D eigenvalue weighted by Crippen LogP contribution is 2.34. The molecule has 126 valence electrons. The number of hydrogen-bond donors (Lipinski definition) is 0. The molecular formula is C20H22O4. The number of ether oxygens (including phenoxy) is 2. The number of benzene rings is 2. The van der Waals surface area contributed by atoms with Crippen LogP contribution in [0.3, 0.4) is 0 Å². The fraction of sp³-hybridized carbons (Fsp3) is 0.300. The maximum atomic E-state index is 13.2. The van der Waals surface area contributed by atoms with Crippen molar-refractivity contribution in [1.29, 1.82) is 0 Å². The van der Waals surface area contributed by atoms with E-state index in [-0.39, 0.29) is 24.6 Å². The van der Waals surface area contributed by atoms with E-state index < -0.39 is 5.60 Å². The lowest BCUT2D eigenvalue weighted by atomic mass is 9.82. The lowest BCUT2D eigenvalue weighted by molar-refractivity contribution is -0.144. The lowest BCUT2D eigenvalue weighted by Crippen LogP contribution is -2.38. The zero-order valence-corrected chi connectivity index (χ0v) is 14.0. The maximum absolute atomic E-state index is 13.2. The third-order valence-corrected chi connectivity index (χ3v) is 3.98. The van der Waals surface area contributed by atoms with Crippen LogP contribution in [0, 0.1) is 0 Å². The molecule has 24 heavy (non-hydrogen) atoms. The van der Waals surface area contributed by atoms with Crippen LogP contribution in [0.2, 0.25) is 0 Å². The Kier molecular flexibility index (Phi) is 6.27. The molecule has 0 aromatic heterocycles. The van der Waals surface area contributed by atoms with Crippen LogP contribution in [-0.4, -0.2) is 25.5 Å². The van der Waals surface area contributed by atoms with Gasteiger partial charge in [-0.2, -0.15) is 0 Å². The number of carbonyl (C=O) groups is 2. The summed E-state index contributed by atoms with van der Waals surface area (Å²) in [5.41, 5.74) is 0.0627. The topological polar surface area (TPSA) is 52.6 Å². The van der Waals surface area contributed by atoms with E-state index in [1.165, 1.54) is 7.11 Å². The Hall–Kier alpha value is -2.46. The Bertz CT molecular complexity index is 667. The van der Waals surface area contributed by atoms with Crippen molar-refractivity contribution in [3.8, 4) is 0 Å². The minimum absolute atomic E-state index is 0.106. The zero-order chi connectivity index (χ0) is 17.4. The minimum Gasteiger partial charge on any atom is -0.466 e. The highest BCUT2D eigenvalue weighted by atomic mass is 16.5. The summed E-state index contributed by atoms with van der Waals surface area (Å²) in [4.78, 5) is 25.0. The number of ketones is 1. The first-order chi connectivity index (χ1) is 11.6. The van der Waals surface area contributed by atoms with Gasteiger partial charge < -0.3 is 9.47 Å². The van der Waals surface area contributed by atoms with E-state index in [1.807, 2.05) is 48.5 Å². The fourth-order valence-corrected chi connectivity index (χ4v) is 2.74. The molecule has 0 bridgehead atoms. The largest absolute Gasteiger partial charge is 0.466 e. The Morgan fingerprint density at radius 2 is 1.54 bits per heavy atom. The molecule has 0 amide bonds. The van der Waals surface area contributed by atoms with Crippen LogP contribution >= 0.6 is 0 Å². The molecule has 0 saturated heterocycles. The van der Waals surface area contributed by atoms with Gasteiger partial charge in [-0.15, -0.1) is 0 Å². The Labute approximate surface area is 142 Å². The first-order valence-corrected chi connectivity index (χ1v) is 8.00. The van der Waals surface area contributed by atoms with Gasteiger partial charge in [0, 0.05) is 19.1 Å². The highest BCUT2D eigenvalue weighted by Gasteiger charge is 2.41. The Balaban J connectivity index is 2.40. The molecule has 0 aliphatic rings. The molecule has 0 radical (unpaired) electrons. The van der Waals surface area contributed by atoms with Gasteiger partial charge in [0.05, 0.1) is 6.61 Å². The van der Waals surface area contributed by atoms with Crippen LogP contribution in [0.25, 0.3) is 0 Å². The molecule has 0 N–H and O–H groups in total. The SMILES string of the molecule is CCOC(=O)CCC(OC)(C(=O)c1ccccc1)c1ccccc1. The molecule has 0 aliphatic heterocycles. The van der Waals surface area contributed by atoms with E-state index in [0.717, 1.165) is 5.56 Å². The van der Waals surface area contributed by atoms with Gasteiger partial charge in [0.1, 0.15) is 0 Å². The van der Waals surface area contributed by atoms with Crippen LogP contribution in [0.4, 0.5) is 0 Å². The van der Waals surface area contributed by atoms with Crippen molar-refractivity contribution in [2.24, 2.45) is 0 Å². The van der Waals surface area contributed by atoms with Gasteiger partial charge in [-0.1, -0.05) is 60.7 Å². The summed E-state index contributed by atoms with van der Waals surface area (Å²) in [6.07, 6.45) is 0.329. The van der Waals surface area contributed by atoms with Gasteiger partial charge in [0.15, 0.2) is 11.4 Å². The van der Waals surface area contributed by atoms with Gasteiger partial charge >= 0.3 is 5.97 Å². The predicted octanol–water partition coefficient (Wildman–Crippen LogP) is 3.75. The van der Waals surface area contributed by atoms with Gasteiger partial charge in [-0.3, -0.25) is 9.59 Å². The molecule has 2 aromatic carbocycles. The van der Waals surface area contributed by atoms with Crippen LogP contribution in [0.15, 0.2) is 60.7 Å². The maximum Gasteiger partial charge on any atom is 0.305 e. The summed E-state index contributed by atoms with van der Waals surface area (Å²) in [7, 11) is 1.50. The average molecular weight is 326 g/mol. The van der Waals surface area contributed by atoms with Crippen molar-refractivity contribution in [2.45, 2.75) is 25.4 Å². The molecule has 0 spiro atoms. The quantitative estimate of drug-likeness (QED) is 0.547. The fourth-order valence-electron chi connectivity index (χ4n) is 2.74. The predicted molar refractivity (Wildman–Crippen MR) is 91.8 cm³/mol. The molecule has 1 atom stereocenters. The minimum atomic E-state index is -1.21. The van der Waals surface area contributed by atoms with Gasteiger partial charge in [-0.05, 0) is 18.9 Å². The Morgan fingerprint density at radius 3 is 2.08 bits per heavy atom. The van der Waals surface area contributed by atoms with Crippen LogP contribution < -0.4 is 0 Å². The average Bonchev–Trinajstić information content (AvgIpc) is 2.64. The van der Waals surface area contributed by atoms with E-state index in [0.29, 0.717) is 12.2 Å². The van der Waals surface area contributed by atoms with Crippen LogP contribution in [0.5, 0.6) is 0 Å². The van der Waals surface area contributed by atoms with Gasteiger partial charge in [-0.25, -0.2) is 0 Å². The molecule has 1 unspecified atom stereocenters. The Morgan fingerprint density at radius 1 is 0.958 bits per heavy atom. The first kappa shape index (κ1) is 17.9. The van der Waals surface area contributed by atoms with E-state index >= 15 is 0 Å².